The molecule has 3 aromatic carbocycles. The van der Waals surface area contributed by atoms with E-state index in [0.717, 1.165) is 16.2 Å². The van der Waals surface area contributed by atoms with E-state index in [1.165, 1.54) is 5.39 Å². The van der Waals surface area contributed by atoms with Crippen molar-refractivity contribution in [1.29, 1.82) is 0 Å². The Kier molecular flexibility index (Phi) is 3.71. The van der Waals surface area contributed by atoms with Gasteiger partial charge in [-0.1, -0.05) is 36.4 Å². The summed E-state index contributed by atoms with van der Waals surface area (Å²) in [5.74, 6) is 0.600. The molecule has 3 rings (SSSR count). The fraction of sp³-hybridized carbons (Fsp3) is 0. The number of carbonyl (C=O) groups excluding carboxylic acids is 1. The number of rotatable bonds is 2. The van der Waals surface area contributed by atoms with Gasteiger partial charge in [0.1, 0.15) is 5.75 Å². The number of carbonyl (C=O) groups is 1. The molecule has 0 unspecified atom stereocenters. The zero-order valence-electron chi connectivity index (χ0n) is 11.1. The van der Waals surface area contributed by atoms with E-state index in [9.17, 15) is 4.79 Å². The Labute approximate surface area is 118 Å². The molecule has 0 aliphatic rings. The van der Waals surface area contributed by atoms with E-state index in [0.29, 0.717) is 12.2 Å². The Morgan fingerprint density at radius 1 is 0.889 bits per heavy atom. The molecule has 0 aliphatic carbocycles. The summed E-state index contributed by atoms with van der Waals surface area (Å²) in [7, 11) is 0. The summed E-state index contributed by atoms with van der Waals surface area (Å²) < 4.78 is 4.99. The summed E-state index contributed by atoms with van der Waals surface area (Å²) in [5.41, 5.74) is 0. The number of ether oxygens (including phenoxy) is 1. The van der Waals surface area contributed by atoms with Crippen molar-refractivity contribution < 1.29 is 29.8 Å². The molecule has 0 aromatic heterocycles. The number of fused-ring (bicyclic) bond motifs is 2. The largest absolute Gasteiger partial charge is 1.00 e. The van der Waals surface area contributed by atoms with Crippen LogP contribution in [0.15, 0.2) is 54.6 Å². The van der Waals surface area contributed by atoms with E-state index in [2.05, 4.69) is 12.1 Å². The second-order valence-electron chi connectivity index (χ2n) is 3.89. The van der Waals surface area contributed by atoms with Crippen LogP contribution in [-0.2, 0) is 4.79 Å². The molecule has 0 aliphatic heterocycles. The molecule has 0 saturated heterocycles. The zero-order valence-corrected chi connectivity index (χ0v) is 10.1. The third kappa shape index (κ3) is 2.13. The molecule has 18 heavy (non-hydrogen) atoms. The Hall–Kier alpha value is -1.75. The van der Waals surface area contributed by atoms with Gasteiger partial charge in [0, 0.05) is 5.39 Å². The van der Waals surface area contributed by atoms with E-state index in [1.807, 2.05) is 36.4 Å². The van der Waals surface area contributed by atoms with Gasteiger partial charge in [-0.2, -0.15) is 0 Å². The fourth-order valence-electron chi connectivity index (χ4n) is 2.09. The average molecular weight is 230 g/mol. The first kappa shape index (κ1) is 12.7. The minimum Gasteiger partial charge on any atom is -1.00 e. The summed E-state index contributed by atoms with van der Waals surface area (Å²) >= 11 is 0. The van der Waals surface area contributed by atoms with Gasteiger partial charge in [0.15, 0.2) is 0 Å². The maximum atomic E-state index is 10.5. The predicted octanol–water partition coefficient (Wildman–Crippen LogP) is 0.645. The van der Waals surface area contributed by atoms with Crippen molar-refractivity contribution in [1.82, 2.24) is 0 Å². The van der Waals surface area contributed by atoms with Gasteiger partial charge in [-0.15, -0.1) is 0 Å². The molecule has 2 nitrogen and oxygen atoms in total. The van der Waals surface area contributed by atoms with Crippen LogP contribution in [-0.4, -0.2) is 6.47 Å². The second-order valence-corrected chi connectivity index (χ2v) is 3.89. The Morgan fingerprint density at radius 3 is 2.28 bits per heavy atom. The van der Waals surface area contributed by atoms with Gasteiger partial charge < -0.3 is 6.16 Å². The van der Waals surface area contributed by atoms with Crippen molar-refractivity contribution >= 4 is 28.0 Å². The summed E-state index contributed by atoms with van der Waals surface area (Å²) in [5, 5.41) is 4.35. The van der Waals surface area contributed by atoms with Gasteiger partial charge in [0.25, 0.3) is 6.47 Å². The standard InChI is InChI=1S/C15H10O2.Li.H/c16-10-17-15-7-3-6-13-8-11-4-1-2-5-12(11)9-14(13)15;;/h1-10H;;/q;+1;-1. The van der Waals surface area contributed by atoms with Gasteiger partial charge in [-0.05, 0) is 34.4 Å². The predicted molar refractivity (Wildman–Crippen MR) is 69.3 cm³/mol. The van der Waals surface area contributed by atoms with Gasteiger partial charge in [-0.3, -0.25) is 4.79 Å². The Bertz CT molecular complexity index is 713. The number of hydrogen-bond donors (Lipinski definition) is 0. The smallest absolute Gasteiger partial charge is 1.00 e. The van der Waals surface area contributed by atoms with Crippen molar-refractivity contribution in [2.24, 2.45) is 0 Å². The molecule has 0 atom stereocenters. The van der Waals surface area contributed by atoms with Crippen molar-refractivity contribution in [2.45, 2.75) is 0 Å². The third-order valence-corrected chi connectivity index (χ3v) is 2.88. The van der Waals surface area contributed by atoms with E-state index >= 15 is 0 Å². The van der Waals surface area contributed by atoms with Crippen LogP contribution in [0.1, 0.15) is 1.43 Å². The van der Waals surface area contributed by atoms with Gasteiger partial charge >= 0.3 is 18.9 Å². The first-order valence-corrected chi connectivity index (χ1v) is 5.40. The molecule has 0 amide bonds. The quantitative estimate of drug-likeness (QED) is 0.367. The van der Waals surface area contributed by atoms with E-state index < -0.39 is 0 Å². The molecule has 3 heteroatoms. The molecule has 0 N–H and O–H groups in total. The summed E-state index contributed by atoms with van der Waals surface area (Å²) in [6.07, 6.45) is 0. The topological polar surface area (TPSA) is 26.3 Å². The van der Waals surface area contributed by atoms with Crippen LogP contribution in [0.2, 0.25) is 0 Å². The van der Waals surface area contributed by atoms with Crippen LogP contribution in [0.3, 0.4) is 0 Å². The van der Waals surface area contributed by atoms with Crippen LogP contribution in [0.5, 0.6) is 5.75 Å². The van der Waals surface area contributed by atoms with Crippen LogP contribution < -0.4 is 23.6 Å². The Balaban J connectivity index is 0.000000902. The molecule has 0 spiro atoms. The molecule has 0 heterocycles. The van der Waals surface area contributed by atoms with Gasteiger partial charge in [-0.25, -0.2) is 0 Å². The van der Waals surface area contributed by atoms with Gasteiger partial charge in [0.05, 0.1) is 0 Å². The molecule has 0 bridgehead atoms. The molecular formula is C15H11LiO2. The van der Waals surface area contributed by atoms with Crippen LogP contribution >= 0.6 is 0 Å². The number of hydrogen-bond acceptors (Lipinski definition) is 2. The Morgan fingerprint density at radius 2 is 1.56 bits per heavy atom. The second kappa shape index (κ2) is 5.26. The van der Waals surface area contributed by atoms with Crippen LogP contribution in [0.25, 0.3) is 21.5 Å². The molecule has 0 saturated carbocycles. The first-order valence-electron chi connectivity index (χ1n) is 5.40. The average Bonchev–Trinajstić information content (AvgIpc) is 2.37. The normalized spacial score (nSPS) is 10.0. The third-order valence-electron chi connectivity index (χ3n) is 2.88. The van der Waals surface area contributed by atoms with E-state index in [4.69, 9.17) is 4.74 Å². The van der Waals surface area contributed by atoms with Crippen molar-refractivity contribution in [3.8, 4) is 5.75 Å². The molecule has 3 aromatic rings. The summed E-state index contributed by atoms with van der Waals surface area (Å²) in [4.78, 5) is 10.5. The molecule has 84 valence electrons. The van der Waals surface area contributed by atoms with E-state index in [1.54, 1.807) is 6.07 Å². The number of benzene rings is 3. The zero-order chi connectivity index (χ0) is 11.7. The summed E-state index contributed by atoms with van der Waals surface area (Å²) in [6.45, 7) is 0.462. The SMILES string of the molecule is O=COc1cccc2cc3ccccc3cc12.[H-].[Li+]. The van der Waals surface area contributed by atoms with Crippen LogP contribution in [0.4, 0.5) is 0 Å². The van der Waals surface area contributed by atoms with Crippen LogP contribution in [0, 0.1) is 0 Å². The van der Waals surface area contributed by atoms with Crippen molar-refractivity contribution in [3.63, 3.8) is 0 Å². The van der Waals surface area contributed by atoms with Crippen molar-refractivity contribution in [3.05, 3.63) is 54.6 Å². The molecule has 0 radical (unpaired) electrons. The fourth-order valence-corrected chi connectivity index (χ4v) is 2.09. The first-order chi connectivity index (χ1) is 8.38. The molecule has 0 fully saturated rings. The maximum Gasteiger partial charge on any atom is 1.00 e. The molecular weight excluding hydrogens is 219 g/mol. The maximum absolute atomic E-state index is 10.5. The monoisotopic (exact) mass is 230 g/mol. The van der Waals surface area contributed by atoms with Crippen molar-refractivity contribution in [2.75, 3.05) is 0 Å². The minimum atomic E-state index is 0. The van der Waals surface area contributed by atoms with Gasteiger partial charge in [0.2, 0.25) is 0 Å². The summed E-state index contributed by atoms with van der Waals surface area (Å²) in [6, 6.07) is 18.0. The minimum absolute atomic E-state index is 0. The van der Waals surface area contributed by atoms with E-state index in [-0.39, 0.29) is 20.3 Å².